The molecule has 0 aromatic heterocycles. The number of hydrogen-bond acceptors (Lipinski definition) is 4. The Morgan fingerprint density at radius 3 is 2.88 bits per heavy atom. The third-order valence-electron chi connectivity index (χ3n) is 3.00. The molecule has 4 heteroatoms. The minimum absolute atomic E-state index is 0.0784. The largest absolute Gasteiger partial charge is 0.495 e. The van der Waals surface area contributed by atoms with E-state index in [1.807, 2.05) is 24.3 Å². The molecule has 92 valence electrons. The number of methoxy groups -OCH3 is 1. The normalized spacial score (nSPS) is 23.4. The first-order valence-electron chi connectivity index (χ1n) is 5.79. The molecule has 1 atom stereocenters. The summed E-state index contributed by atoms with van der Waals surface area (Å²) >= 11 is 1.77. The zero-order chi connectivity index (χ0) is 12.3. The second-order valence-electron chi connectivity index (χ2n) is 4.38. The van der Waals surface area contributed by atoms with Crippen LogP contribution < -0.4 is 10.1 Å². The summed E-state index contributed by atoms with van der Waals surface area (Å²) in [6, 6.07) is 7.90. The first-order valence-corrected chi connectivity index (χ1v) is 6.78. The highest BCUT2D eigenvalue weighted by atomic mass is 32.2. The lowest BCUT2D eigenvalue weighted by Gasteiger charge is -2.15. The van der Waals surface area contributed by atoms with E-state index < -0.39 is 0 Å². The summed E-state index contributed by atoms with van der Waals surface area (Å²) in [5.41, 5.74) is 1.05. The van der Waals surface area contributed by atoms with Crippen molar-refractivity contribution in [1.29, 1.82) is 0 Å². The molecule has 1 aromatic rings. The molecule has 0 bridgehead atoms. The lowest BCUT2D eigenvalue weighted by molar-refractivity contribution is 0.417. The van der Waals surface area contributed by atoms with Crippen molar-refractivity contribution < 1.29 is 4.74 Å². The zero-order valence-electron chi connectivity index (χ0n) is 10.5. The van der Waals surface area contributed by atoms with Crippen molar-refractivity contribution in [2.24, 2.45) is 4.99 Å². The van der Waals surface area contributed by atoms with Gasteiger partial charge in [-0.3, -0.25) is 4.99 Å². The molecule has 0 amide bonds. The average molecular weight is 250 g/mol. The number of ether oxygens (including phenoxy) is 1. The number of anilines is 1. The highest BCUT2D eigenvalue weighted by Gasteiger charge is 2.28. The third kappa shape index (κ3) is 2.75. The highest BCUT2D eigenvalue weighted by molar-refractivity contribution is 8.14. The van der Waals surface area contributed by atoms with Crippen LogP contribution in [0.3, 0.4) is 0 Å². The van der Waals surface area contributed by atoms with Gasteiger partial charge in [0.2, 0.25) is 0 Å². The molecule has 0 saturated heterocycles. The van der Waals surface area contributed by atoms with Crippen LogP contribution in [0.15, 0.2) is 29.3 Å². The van der Waals surface area contributed by atoms with Crippen LogP contribution in [0.5, 0.6) is 5.75 Å². The monoisotopic (exact) mass is 250 g/mol. The molecule has 0 radical (unpaired) electrons. The summed E-state index contributed by atoms with van der Waals surface area (Å²) in [7, 11) is 1.68. The van der Waals surface area contributed by atoms with E-state index in [4.69, 9.17) is 9.73 Å². The number of rotatable bonds is 3. The van der Waals surface area contributed by atoms with Gasteiger partial charge in [0, 0.05) is 5.75 Å². The van der Waals surface area contributed by atoms with Gasteiger partial charge in [-0.25, -0.2) is 0 Å². The van der Waals surface area contributed by atoms with Gasteiger partial charge < -0.3 is 10.1 Å². The Morgan fingerprint density at radius 1 is 1.47 bits per heavy atom. The second kappa shape index (κ2) is 5.00. The Hall–Kier alpha value is -1.16. The molecule has 1 aliphatic heterocycles. The molecule has 1 N–H and O–H groups in total. The molecular weight excluding hydrogens is 232 g/mol. The van der Waals surface area contributed by atoms with E-state index in [0.29, 0.717) is 0 Å². The first kappa shape index (κ1) is 12.3. The van der Waals surface area contributed by atoms with Crippen molar-refractivity contribution in [2.45, 2.75) is 25.8 Å². The Balaban J connectivity index is 2.14. The van der Waals surface area contributed by atoms with Crippen molar-refractivity contribution in [1.82, 2.24) is 0 Å². The minimum atomic E-state index is 0.0784. The van der Waals surface area contributed by atoms with Gasteiger partial charge in [0.05, 0.1) is 18.3 Å². The fourth-order valence-electron chi connectivity index (χ4n) is 1.64. The fourth-order valence-corrected chi connectivity index (χ4v) is 2.83. The number of amidine groups is 1. The number of nitrogens with zero attached hydrogens (tertiary/aromatic N) is 1. The van der Waals surface area contributed by atoms with Crippen LogP contribution in [0.25, 0.3) is 0 Å². The molecule has 2 rings (SSSR count). The topological polar surface area (TPSA) is 33.6 Å². The average Bonchev–Trinajstić information content (AvgIpc) is 2.73. The van der Waals surface area contributed by atoms with Crippen LogP contribution >= 0.6 is 11.8 Å². The second-order valence-corrected chi connectivity index (χ2v) is 5.35. The SMILES string of the molecule is CCC1(C)CSC(Nc2ccccc2OC)=N1. The van der Waals surface area contributed by atoms with E-state index >= 15 is 0 Å². The van der Waals surface area contributed by atoms with E-state index in [1.165, 1.54) is 0 Å². The van der Waals surface area contributed by atoms with Crippen LogP contribution in [0.4, 0.5) is 5.69 Å². The molecule has 0 spiro atoms. The minimum Gasteiger partial charge on any atom is -0.495 e. The summed E-state index contributed by atoms with van der Waals surface area (Å²) in [4.78, 5) is 4.72. The van der Waals surface area contributed by atoms with E-state index in [1.54, 1.807) is 18.9 Å². The van der Waals surface area contributed by atoms with Crippen LogP contribution in [0.1, 0.15) is 20.3 Å². The number of nitrogens with one attached hydrogen (secondary N) is 1. The van der Waals surface area contributed by atoms with E-state index in [2.05, 4.69) is 19.2 Å². The molecular formula is C13H18N2OS. The van der Waals surface area contributed by atoms with Crippen molar-refractivity contribution in [3.63, 3.8) is 0 Å². The van der Waals surface area contributed by atoms with Gasteiger partial charge in [-0.05, 0) is 25.5 Å². The van der Waals surface area contributed by atoms with Crippen molar-refractivity contribution >= 4 is 22.6 Å². The number of benzene rings is 1. The van der Waals surface area contributed by atoms with Crippen molar-refractivity contribution in [3.05, 3.63) is 24.3 Å². The number of hydrogen-bond donors (Lipinski definition) is 1. The van der Waals surface area contributed by atoms with Crippen LogP contribution in [0, 0.1) is 0 Å². The maximum atomic E-state index is 5.31. The van der Waals surface area contributed by atoms with E-state index in [-0.39, 0.29) is 5.54 Å². The van der Waals surface area contributed by atoms with Gasteiger partial charge in [-0.1, -0.05) is 30.8 Å². The summed E-state index contributed by atoms with van der Waals surface area (Å²) in [6.45, 7) is 4.37. The number of para-hydroxylation sites is 2. The molecule has 1 heterocycles. The Morgan fingerprint density at radius 2 is 2.24 bits per heavy atom. The van der Waals surface area contributed by atoms with Gasteiger partial charge in [-0.2, -0.15) is 0 Å². The summed E-state index contributed by atoms with van der Waals surface area (Å²) < 4.78 is 5.31. The highest BCUT2D eigenvalue weighted by Crippen LogP contribution is 2.32. The Labute approximate surface area is 107 Å². The molecule has 0 fully saturated rings. The molecule has 1 unspecified atom stereocenters. The zero-order valence-corrected chi connectivity index (χ0v) is 11.3. The predicted octanol–water partition coefficient (Wildman–Crippen LogP) is 3.38. The number of thioether (sulfide) groups is 1. The summed E-state index contributed by atoms with van der Waals surface area (Å²) in [5.74, 6) is 1.89. The maximum Gasteiger partial charge on any atom is 0.161 e. The lowest BCUT2D eigenvalue weighted by atomic mass is 10.0. The van der Waals surface area contributed by atoms with E-state index in [9.17, 15) is 0 Å². The first-order chi connectivity index (χ1) is 8.17. The smallest absolute Gasteiger partial charge is 0.161 e. The summed E-state index contributed by atoms with van der Waals surface area (Å²) in [5, 5.41) is 4.32. The molecule has 0 saturated carbocycles. The maximum absolute atomic E-state index is 5.31. The standard InChI is InChI=1S/C13H18N2OS/c1-4-13(2)9-17-12(15-13)14-10-7-5-6-8-11(10)16-3/h5-8H,4,9H2,1-3H3,(H,14,15). The summed E-state index contributed by atoms with van der Waals surface area (Å²) in [6.07, 6.45) is 1.07. The predicted molar refractivity (Wildman–Crippen MR) is 75.2 cm³/mol. The van der Waals surface area contributed by atoms with Gasteiger partial charge in [0.15, 0.2) is 5.17 Å². The van der Waals surface area contributed by atoms with Crippen LogP contribution in [-0.2, 0) is 0 Å². The molecule has 3 nitrogen and oxygen atoms in total. The van der Waals surface area contributed by atoms with Gasteiger partial charge in [0.1, 0.15) is 5.75 Å². The molecule has 17 heavy (non-hydrogen) atoms. The van der Waals surface area contributed by atoms with Gasteiger partial charge >= 0.3 is 0 Å². The fraction of sp³-hybridized carbons (Fsp3) is 0.462. The van der Waals surface area contributed by atoms with E-state index in [0.717, 1.165) is 28.8 Å². The Kier molecular flexibility index (Phi) is 3.62. The van der Waals surface area contributed by atoms with Crippen molar-refractivity contribution in [2.75, 3.05) is 18.2 Å². The molecule has 1 aromatic carbocycles. The number of aliphatic imine (C=N–C) groups is 1. The lowest BCUT2D eigenvalue weighted by Crippen LogP contribution is -2.20. The van der Waals surface area contributed by atoms with Crippen molar-refractivity contribution in [3.8, 4) is 5.75 Å². The Bertz CT molecular complexity index is 433. The van der Waals surface area contributed by atoms with Crippen LogP contribution in [-0.4, -0.2) is 23.6 Å². The van der Waals surface area contributed by atoms with Gasteiger partial charge in [-0.15, -0.1) is 0 Å². The quantitative estimate of drug-likeness (QED) is 0.893. The van der Waals surface area contributed by atoms with Gasteiger partial charge in [0.25, 0.3) is 0 Å². The molecule has 1 aliphatic rings. The van der Waals surface area contributed by atoms with Crippen LogP contribution in [0.2, 0.25) is 0 Å². The third-order valence-corrected chi connectivity index (χ3v) is 4.23. The molecule has 0 aliphatic carbocycles.